The van der Waals surface area contributed by atoms with Crippen LogP contribution in [-0.2, 0) is 5.41 Å². The van der Waals surface area contributed by atoms with Crippen LogP contribution >= 0.6 is 11.6 Å². The maximum absolute atomic E-state index is 9.38. The van der Waals surface area contributed by atoms with Crippen LogP contribution in [0.3, 0.4) is 0 Å². The summed E-state index contributed by atoms with van der Waals surface area (Å²) in [5.74, 6) is 0.653. The van der Waals surface area contributed by atoms with Gasteiger partial charge in [0.15, 0.2) is 0 Å². The Bertz CT molecular complexity index is 430. The molecule has 16 heavy (non-hydrogen) atoms. The molecular formula is C13H14ClNO. The van der Waals surface area contributed by atoms with Crippen molar-refractivity contribution in [3.8, 4) is 11.8 Å². The van der Waals surface area contributed by atoms with Crippen molar-refractivity contribution < 1.29 is 4.74 Å². The zero-order chi connectivity index (χ0) is 11.6. The van der Waals surface area contributed by atoms with Gasteiger partial charge in [-0.05, 0) is 30.5 Å². The van der Waals surface area contributed by atoms with Gasteiger partial charge in [0.2, 0.25) is 0 Å². The first-order valence-electron chi connectivity index (χ1n) is 5.47. The fourth-order valence-corrected chi connectivity index (χ4v) is 2.60. The highest BCUT2D eigenvalue weighted by Crippen LogP contribution is 2.42. The highest BCUT2D eigenvalue weighted by Gasteiger charge is 2.36. The quantitative estimate of drug-likeness (QED) is 0.783. The highest BCUT2D eigenvalue weighted by molar-refractivity contribution is 6.32. The van der Waals surface area contributed by atoms with Gasteiger partial charge in [-0.25, -0.2) is 0 Å². The van der Waals surface area contributed by atoms with Gasteiger partial charge in [0.05, 0.1) is 23.6 Å². The van der Waals surface area contributed by atoms with E-state index in [1.54, 1.807) is 7.11 Å². The lowest BCUT2D eigenvalue weighted by Gasteiger charge is -2.21. The van der Waals surface area contributed by atoms with Gasteiger partial charge < -0.3 is 4.74 Å². The minimum atomic E-state index is -0.322. The standard InChI is InChI=1S/C13H14ClNO/c1-16-12-8-10(4-5-11(12)14)13(9-15)6-2-3-7-13/h4-5,8H,2-3,6-7H2,1H3. The molecule has 1 aliphatic carbocycles. The Balaban J connectivity index is 2.44. The van der Waals surface area contributed by atoms with E-state index in [-0.39, 0.29) is 5.41 Å². The second-order valence-electron chi connectivity index (χ2n) is 4.25. The molecule has 84 valence electrons. The third-order valence-electron chi connectivity index (χ3n) is 3.37. The van der Waals surface area contributed by atoms with E-state index in [1.165, 1.54) is 0 Å². The van der Waals surface area contributed by atoms with Crippen LogP contribution in [0, 0.1) is 11.3 Å². The average molecular weight is 236 g/mol. The van der Waals surface area contributed by atoms with Gasteiger partial charge in [-0.15, -0.1) is 0 Å². The predicted octanol–water partition coefficient (Wildman–Crippen LogP) is 3.68. The fraction of sp³-hybridized carbons (Fsp3) is 0.462. The number of hydrogen-bond donors (Lipinski definition) is 0. The Kier molecular flexibility index (Phi) is 3.07. The summed E-state index contributed by atoms with van der Waals surface area (Å²) in [6.45, 7) is 0. The molecule has 1 saturated carbocycles. The second kappa shape index (κ2) is 4.35. The summed E-state index contributed by atoms with van der Waals surface area (Å²) in [6, 6.07) is 8.12. The van der Waals surface area contributed by atoms with E-state index in [2.05, 4.69) is 6.07 Å². The molecule has 1 aliphatic rings. The summed E-state index contributed by atoms with van der Waals surface area (Å²) in [5.41, 5.74) is 0.714. The van der Waals surface area contributed by atoms with Crippen LogP contribution in [0.4, 0.5) is 0 Å². The first kappa shape index (κ1) is 11.3. The number of benzene rings is 1. The van der Waals surface area contributed by atoms with Crippen molar-refractivity contribution in [1.29, 1.82) is 5.26 Å². The van der Waals surface area contributed by atoms with Gasteiger partial charge in [0.1, 0.15) is 5.75 Å². The van der Waals surface area contributed by atoms with E-state index < -0.39 is 0 Å². The summed E-state index contributed by atoms with van der Waals surface area (Å²) in [5, 5.41) is 9.97. The molecule has 1 fully saturated rings. The van der Waals surface area contributed by atoms with E-state index in [0.29, 0.717) is 10.8 Å². The Morgan fingerprint density at radius 2 is 2.06 bits per heavy atom. The molecule has 0 aromatic heterocycles. The Labute approximate surface area is 101 Å². The molecule has 1 aromatic rings. The van der Waals surface area contributed by atoms with Crippen molar-refractivity contribution in [2.75, 3.05) is 7.11 Å². The van der Waals surface area contributed by atoms with E-state index in [1.807, 2.05) is 18.2 Å². The average Bonchev–Trinajstić information content (AvgIpc) is 2.79. The van der Waals surface area contributed by atoms with Gasteiger partial charge >= 0.3 is 0 Å². The largest absolute Gasteiger partial charge is 0.495 e. The predicted molar refractivity (Wildman–Crippen MR) is 63.8 cm³/mol. The summed E-state index contributed by atoms with van der Waals surface area (Å²) in [6.07, 6.45) is 4.12. The number of halogens is 1. The molecule has 2 nitrogen and oxygen atoms in total. The van der Waals surface area contributed by atoms with Crippen molar-refractivity contribution >= 4 is 11.6 Å². The van der Waals surface area contributed by atoms with Gasteiger partial charge in [-0.1, -0.05) is 30.5 Å². The summed E-state index contributed by atoms with van der Waals surface area (Å²) < 4.78 is 5.19. The number of methoxy groups -OCH3 is 1. The molecule has 0 bridgehead atoms. The van der Waals surface area contributed by atoms with Crippen LogP contribution < -0.4 is 4.74 Å². The number of nitriles is 1. The number of hydrogen-bond acceptors (Lipinski definition) is 2. The summed E-state index contributed by atoms with van der Waals surface area (Å²) in [4.78, 5) is 0. The van der Waals surface area contributed by atoms with E-state index in [9.17, 15) is 5.26 Å². The third-order valence-corrected chi connectivity index (χ3v) is 3.69. The summed E-state index contributed by atoms with van der Waals surface area (Å²) >= 11 is 5.98. The molecule has 0 heterocycles. The molecule has 0 N–H and O–H groups in total. The fourth-order valence-electron chi connectivity index (χ4n) is 2.40. The first-order chi connectivity index (χ1) is 7.72. The zero-order valence-corrected chi connectivity index (χ0v) is 10.0. The molecule has 0 aliphatic heterocycles. The van der Waals surface area contributed by atoms with Crippen molar-refractivity contribution in [3.63, 3.8) is 0 Å². The van der Waals surface area contributed by atoms with Crippen LogP contribution in [-0.4, -0.2) is 7.11 Å². The number of nitrogens with zero attached hydrogens (tertiary/aromatic N) is 1. The minimum absolute atomic E-state index is 0.322. The molecule has 0 unspecified atom stereocenters. The lowest BCUT2D eigenvalue weighted by molar-refractivity contribution is 0.413. The van der Waals surface area contributed by atoms with E-state index in [4.69, 9.17) is 16.3 Å². The van der Waals surface area contributed by atoms with E-state index in [0.717, 1.165) is 31.2 Å². The minimum Gasteiger partial charge on any atom is -0.495 e. The number of rotatable bonds is 2. The van der Waals surface area contributed by atoms with Gasteiger partial charge in [-0.3, -0.25) is 0 Å². The SMILES string of the molecule is COc1cc(C2(C#N)CCCC2)ccc1Cl. The maximum Gasteiger partial charge on any atom is 0.137 e. The molecular weight excluding hydrogens is 222 g/mol. The van der Waals surface area contributed by atoms with Crippen molar-refractivity contribution in [3.05, 3.63) is 28.8 Å². The normalized spacial score (nSPS) is 18.1. The monoisotopic (exact) mass is 235 g/mol. The molecule has 0 radical (unpaired) electrons. The van der Waals surface area contributed by atoms with Crippen LogP contribution in [0.25, 0.3) is 0 Å². The molecule has 2 rings (SSSR count). The van der Waals surface area contributed by atoms with Crippen LogP contribution in [0.2, 0.25) is 5.02 Å². The highest BCUT2D eigenvalue weighted by atomic mass is 35.5. The zero-order valence-electron chi connectivity index (χ0n) is 9.29. The van der Waals surface area contributed by atoms with Crippen LogP contribution in [0.5, 0.6) is 5.75 Å². The lowest BCUT2D eigenvalue weighted by atomic mass is 9.80. The third kappa shape index (κ3) is 1.76. The molecule has 0 spiro atoms. The first-order valence-corrected chi connectivity index (χ1v) is 5.85. The van der Waals surface area contributed by atoms with E-state index >= 15 is 0 Å². The van der Waals surface area contributed by atoms with Crippen LogP contribution in [0.15, 0.2) is 18.2 Å². The topological polar surface area (TPSA) is 33.0 Å². The molecule has 0 saturated heterocycles. The van der Waals surface area contributed by atoms with Crippen molar-refractivity contribution in [2.45, 2.75) is 31.1 Å². The Morgan fingerprint density at radius 1 is 1.38 bits per heavy atom. The van der Waals surface area contributed by atoms with Gasteiger partial charge in [0, 0.05) is 0 Å². The molecule has 0 atom stereocenters. The molecule has 0 amide bonds. The van der Waals surface area contributed by atoms with Crippen molar-refractivity contribution in [2.24, 2.45) is 0 Å². The second-order valence-corrected chi connectivity index (χ2v) is 4.66. The molecule has 1 aromatic carbocycles. The Morgan fingerprint density at radius 3 is 2.62 bits per heavy atom. The Hall–Kier alpha value is -1.20. The van der Waals surface area contributed by atoms with Gasteiger partial charge in [-0.2, -0.15) is 5.26 Å². The van der Waals surface area contributed by atoms with Crippen LogP contribution in [0.1, 0.15) is 31.2 Å². The van der Waals surface area contributed by atoms with Gasteiger partial charge in [0.25, 0.3) is 0 Å². The lowest BCUT2D eigenvalue weighted by Crippen LogP contribution is -2.19. The number of ether oxygens (including phenoxy) is 1. The molecule has 3 heteroatoms. The summed E-state index contributed by atoms with van der Waals surface area (Å²) in [7, 11) is 1.60. The maximum atomic E-state index is 9.38. The smallest absolute Gasteiger partial charge is 0.137 e. The van der Waals surface area contributed by atoms with Crippen molar-refractivity contribution in [1.82, 2.24) is 0 Å².